The molecule has 0 aromatic heterocycles. The molecule has 2 rings (SSSR count). The van der Waals surface area contributed by atoms with Gasteiger partial charge in [0, 0.05) is 6.42 Å². The Morgan fingerprint density at radius 3 is 2.61 bits per heavy atom. The maximum Gasteiger partial charge on any atom is 0.243 e. The van der Waals surface area contributed by atoms with Crippen LogP contribution in [0.4, 0.5) is 0 Å². The van der Waals surface area contributed by atoms with Gasteiger partial charge in [-0.25, -0.2) is 5.48 Å². The first kappa shape index (κ1) is 13.1. The van der Waals surface area contributed by atoms with Crippen molar-refractivity contribution in [2.24, 2.45) is 5.92 Å². The molecule has 1 fully saturated rings. The van der Waals surface area contributed by atoms with Gasteiger partial charge in [0.05, 0.1) is 6.61 Å². The largest absolute Gasteiger partial charge is 0.273 e. The summed E-state index contributed by atoms with van der Waals surface area (Å²) in [5.74, 6) is 0.567. The number of hydrogen-bond acceptors (Lipinski definition) is 2. The third-order valence-corrected chi connectivity index (χ3v) is 3.47. The van der Waals surface area contributed by atoms with Crippen LogP contribution >= 0.6 is 0 Å². The van der Waals surface area contributed by atoms with Gasteiger partial charge in [-0.15, -0.1) is 0 Å². The maximum absolute atomic E-state index is 11.7. The monoisotopic (exact) mass is 247 g/mol. The summed E-state index contributed by atoms with van der Waals surface area (Å²) in [6.07, 6.45) is 6.83. The molecule has 0 unspecified atom stereocenters. The van der Waals surface area contributed by atoms with E-state index in [0.29, 0.717) is 18.9 Å². The normalized spacial score (nSPS) is 16.4. The van der Waals surface area contributed by atoms with Crippen LogP contribution < -0.4 is 5.48 Å². The SMILES string of the molecule is O=C(CC1CCCCC1)NOCc1ccccc1. The van der Waals surface area contributed by atoms with Crippen LogP contribution in [-0.4, -0.2) is 5.91 Å². The van der Waals surface area contributed by atoms with E-state index in [4.69, 9.17) is 4.84 Å². The molecule has 0 saturated heterocycles. The molecule has 3 heteroatoms. The first-order valence-electron chi connectivity index (χ1n) is 6.79. The minimum atomic E-state index is 0.0119. The molecule has 1 amide bonds. The predicted molar refractivity (Wildman–Crippen MR) is 70.6 cm³/mol. The number of amides is 1. The van der Waals surface area contributed by atoms with Crippen molar-refractivity contribution in [1.29, 1.82) is 0 Å². The second-order valence-electron chi connectivity index (χ2n) is 5.01. The van der Waals surface area contributed by atoms with Gasteiger partial charge in [0.25, 0.3) is 0 Å². The van der Waals surface area contributed by atoms with E-state index in [1.54, 1.807) is 0 Å². The van der Waals surface area contributed by atoms with Gasteiger partial charge in [0.1, 0.15) is 0 Å². The van der Waals surface area contributed by atoms with E-state index in [1.807, 2.05) is 30.3 Å². The van der Waals surface area contributed by atoms with E-state index in [9.17, 15) is 4.79 Å². The van der Waals surface area contributed by atoms with Gasteiger partial charge < -0.3 is 0 Å². The van der Waals surface area contributed by atoms with E-state index < -0.39 is 0 Å². The van der Waals surface area contributed by atoms with Crippen LogP contribution in [0.3, 0.4) is 0 Å². The summed E-state index contributed by atoms with van der Waals surface area (Å²) in [4.78, 5) is 16.9. The number of hydrogen-bond donors (Lipinski definition) is 1. The van der Waals surface area contributed by atoms with Crippen LogP contribution in [0.1, 0.15) is 44.1 Å². The molecule has 1 saturated carbocycles. The van der Waals surface area contributed by atoms with Gasteiger partial charge in [-0.2, -0.15) is 0 Å². The zero-order valence-corrected chi connectivity index (χ0v) is 10.7. The Kier molecular flexibility index (Phi) is 5.21. The predicted octanol–water partition coefficient (Wildman–Crippen LogP) is 3.20. The second kappa shape index (κ2) is 7.17. The van der Waals surface area contributed by atoms with Crippen LogP contribution in [0.5, 0.6) is 0 Å². The zero-order valence-electron chi connectivity index (χ0n) is 10.7. The number of hydroxylamine groups is 1. The number of nitrogens with one attached hydrogen (secondary N) is 1. The third kappa shape index (κ3) is 4.49. The Hall–Kier alpha value is -1.35. The Balaban J connectivity index is 1.62. The molecule has 1 aliphatic carbocycles. The molecule has 98 valence electrons. The molecule has 0 spiro atoms. The fraction of sp³-hybridized carbons (Fsp3) is 0.533. The standard InChI is InChI=1S/C15H21NO2/c17-15(11-13-7-3-1-4-8-13)16-18-12-14-9-5-2-6-10-14/h2,5-6,9-10,13H,1,3-4,7-8,11-12H2,(H,16,17). The van der Waals surface area contributed by atoms with E-state index >= 15 is 0 Å². The van der Waals surface area contributed by atoms with Crippen molar-refractivity contribution < 1.29 is 9.63 Å². The van der Waals surface area contributed by atoms with Gasteiger partial charge in [-0.3, -0.25) is 9.63 Å². The quantitative estimate of drug-likeness (QED) is 0.811. The molecular weight excluding hydrogens is 226 g/mol. The van der Waals surface area contributed by atoms with E-state index in [2.05, 4.69) is 5.48 Å². The molecular formula is C15H21NO2. The van der Waals surface area contributed by atoms with Crippen LogP contribution in [0.2, 0.25) is 0 Å². The minimum absolute atomic E-state index is 0.0119. The van der Waals surface area contributed by atoms with E-state index in [-0.39, 0.29) is 5.91 Å². The van der Waals surface area contributed by atoms with Gasteiger partial charge in [0.2, 0.25) is 5.91 Å². The fourth-order valence-corrected chi connectivity index (χ4v) is 2.47. The lowest BCUT2D eigenvalue weighted by molar-refractivity contribution is -0.135. The molecule has 18 heavy (non-hydrogen) atoms. The lowest BCUT2D eigenvalue weighted by atomic mass is 9.87. The summed E-state index contributed by atoms with van der Waals surface area (Å²) < 4.78 is 0. The van der Waals surface area contributed by atoms with Gasteiger partial charge >= 0.3 is 0 Å². The highest BCUT2D eigenvalue weighted by Gasteiger charge is 2.16. The number of benzene rings is 1. The van der Waals surface area contributed by atoms with Crippen molar-refractivity contribution in [3.63, 3.8) is 0 Å². The topological polar surface area (TPSA) is 38.3 Å². The smallest absolute Gasteiger partial charge is 0.243 e. The van der Waals surface area contributed by atoms with Crippen LogP contribution in [-0.2, 0) is 16.2 Å². The highest BCUT2D eigenvalue weighted by atomic mass is 16.6. The fourth-order valence-electron chi connectivity index (χ4n) is 2.47. The summed E-state index contributed by atoms with van der Waals surface area (Å²) in [7, 11) is 0. The van der Waals surface area contributed by atoms with Gasteiger partial charge in [-0.1, -0.05) is 49.6 Å². The maximum atomic E-state index is 11.7. The molecule has 1 N–H and O–H groups in total. The molecule has 0 aliphatic heterocycles. The average Bonchev–Trinajstić information content (AvgIpc) is 2.41. The van der Waals surface area contributed by atoms with E-state index in [0.717, 1.165) is 5.56 Å². The lowest BCUT2D eigenvalue weighted by Crippen LogP contribution is -2.26. The molecule has 0 heterocycles. The third-order valence-electron chi connectivity index (χ3n) is 3.47. The summed E-state index contributed by atoms with van der Waals surface area (Å²) in [6, 6.07) is 9.84. The average molecular weight is 247 g/mol. The Bertz CT molecular complexity index is 358. The lowest BCUT2D eigenvalue weighted by Gasteiger charge is -2.20. The van der Waals surface area contributed by atoms with Crippen molar-refractivity contribution in [3.8, 4) is 0 Å². The summed E-state index contributed by atoms with van der Waals surface area (Å²) >= 11 is 0. The van der Waals surface area contributed by atoms with E-state index in [1.165, 1.54) is 32.1 Å². The van der Waals surface area contributed by atoms with Crippen molar-refractivity contribution >= 4 is 5.91 Å². The second-order valence-corrected chi connectivity index (χ2v) is 5.01. The number of carbonyl (C=O) groups is 1. The first-order chi connectivity index (χ1) is 8.84. The first-order valence-corrected chi connectivity index (χ1v) is 6.79. The summed E-state index contributed by atoms with van der Waals surface area (Å²) in [5, 5.41) is 0. The summed E-state index contributed by atoms with van der Waals surface area (Å²) in [6.45, 7) is 0.428. The van der Waals surface area contributed by atoms with Crippen molar-refractivity contribution in [2.45, 2.75) is 45.1 Å². The van der Waals surface area contributed by atoms with Crippen molar-refractivity contribution in [1.82, 2.24) is 5.48 Å². The molecule has 0 atom stereocenters. The molecule has 1 aromatic carbocycles. The van der Waals surface area contributed by atoms with Crippen LogP contribution in [0.25, 0.3) is 0 Å². The van der Waals surface area contributed by atoms with Gasteiger partial charge in [0.15, 0.2) is 0 Å². The molecule has 3 nitrogen and oxygen atoms in total. The van der Waals surface area contributed by atoms with Crippen LogP contribution in [0.15, 0.2) is 30.3 Å². The Morgan fingerprint density at radius 2 is 1.89 bits per heavy atom. The number of carbonyl (C=O) groups excluding carboxylic acids is 1. The summed E-state index contributed by atoms with van der Waals surface area (Å²) in [5.41, 5.74) is 3.60. The number of rotatable bonds is 5. The molecule has 0 bridgehead atoms. The Labute approximate surface area is 108 Å². The minimum Gasteiger partial charge on any atom is -0.273 e. The van der Waals surface area contributed by atoms with Crippen molar-refractivity contribution in [3.05, 3.63) is 35.9 Å². The van der Waals surface area contributed by atoms with Crippen molar-refractivity contribution in [2.75, 3.05) is 0 Å². The molecule has 0 radical (unpaired) electrons. The highest BCUT2D eigenvalue weighted by molar-refractivity contribution is 5.75. The molecule has 1 aromatic rings. The van der Waals surface area contributed by atoms with Gasteiger partial charge in [-0.05, 0) is 24.3 Å². The zero-order chi connectivity index (χ0) is 12.6. The Morgan fingerprint density at radius 1 is 1.17 bits per heavy atom. The van der Waals surface area contributed by atoms with Crippen LogP contribution in [0, 0.1) is 5.92 Å². The highest BCUT2D eigenvalue weighted by Crippen LogP contribution is 2.25. The molecule has 1 aliphatic rings.